The Hall–Kier alpha value is -4.96. The maximum absolute atomic E-state index is 2.41. The molecule has 0 radical (unpaired) electrons. The van der Waals surface area contributed by atoms with E-state index in [4.69, 9.17) is 0 Å². The molecule has 0 aliphatic rings. The first kappa shape index (κ1) is 24.6. The van der Waals surface area contributed by atoms with Crippen molar-refractivity contribution in [3.63, 3.8) is 0 Å². The van der Waals surface area contributed by atoms with Crippen molar-refractivity contribution >= 4 is 90.9 Å². The van der Waals surface area contributed by atoms with Crippen LogP contribution in [0.5, 0.6) is 0 Å². The summed E-state index contributed by atoms with van der Waals surface area (Å²) >= 11 is 3.74. The molecule has 0 spiro atoms. The molecule has 0 atom stereocenters. The molecule has 0 aliphatic heterocycles. The van der Waals surface area contributed by atoms with Gasteiger partial charge in [-0.05, 0) is 82.6 Å². The zero-order valence-corrected chi connectivity index (χ0v) is 24.8. The lowest BCUT2D eigenvalue weighted by Crippen LogP contribution is -2.10. The van der Waals surface area contributed by atoms with Crippen molar-refractivity contribution in [2.75, 3.05) is 4.90 Å². The van der Waals surface area contributed by atoms with E-state index in [-0.39, 0.29) is 0 Å². The molecule has 0 amide bonds. The molecule has 3 heteroatoms. The summed E-state index contributed by atoms with van der Waals surface area (Å²) in [6, 6.07) is 55.5. The maximum Gasteiger partial charge on any atom is 0.0476 e. The van der Waals surface area contributed by atoms with Gasteiger partial charge in [0, 0.05) is 57.4 Å². The van der Waals surface area contributed by atoms with Gasteiger partial charge in [-0.1, -0.05) is 91.0 Å². The summed E-state index contributed by atoms with van der Waals surface area (Å²) in [4.78, 5) is 2.41. The summed E-state index contributed by atoms with van der Waals surface area (Å²) in [6.45, 7) is 0. The lowest BCUT2D eigenvalue weighted by molar-refractivity contribution is 1.30. The minimum atomic E-state index is 1.14. The molecule has 9 rings (SSSR count). The number of rotatable bonds is 4. The average Bonchev–Trinajstić information content (AvgIpc) is 3.62. The third-order valence-electron chi connectivity index (χ3n) is 8.41. The zero-order valence-electron chi connectivity index (χ0n) is 23.2. The van der Waals surface area contributed by atoms with Crippen LogP contribution in [-0.4, -0.2) is 0 Å². The van der Waals surface area contributed by atoms with E-state index in [1.165, 1.54) is 62.2 Å². The molecule has 0 unspecified atom stereocenters. The molecule has 0 saturated heterocycles. The van der Waals surface area contributed by atoms with Gasteiger partial charge in [0.05, 0.1) is 0 Å². The van der Waals surface area contributed by atoms with Crippen LogP contribution < -0.4 is 4.90 Å². The van der Waals surface area contributed by atoms with Gasteiger partial charge in [-0.2, -0.15) is 0 Å². The average molecular weight is 584 g/mol. The fourth-order valence-corrected chi connectivity index (χ4v) is 8.63. The third kappa shape index (κ3) is 4.12. The van der Waals surface area contributed by atoms with E-state index in [0.29, 0.717) is 0 Å². The Labute approximate surface area is 257 Å². The normalized spacial score (nSPS) is 11.7. The van der Waals surface area contributed by atoms with E-state index >= 15 is 0 Å². The number of hydrogen-bond donors (Lipinski definition) is 0. The molecule has 7 aromatic carbocycles. The van der Waals surface area contributed by atoms with E-state index in [0.717, 1.165) is 17.1 Å². The standard InChI is InChI=1S/C40H25NS2/c1-2-9-26(10-3-1)27-11-8-12-30(21-27)41(32-19-20-35-33-13-4-6-15-37(33)43-40(35)25-32)31-18-17-28-23-36-34-14-5-7-16-38(34)42-39(36)24-29(28)22-31/h1-25H. The van der Waals surface area contributed by atoms with Crippen molar-refractivity contribution in [3.8, 4) is 11.1 Å². The van der Waals surface area contributed by atoms with E-state index < -0.39 is 0 Å². The van der Waals surface area contributed by atoms with E-state index in [1.807, 2.05) is 22.7 Å². The van der Waals surface area contributed by atoms with Gasteiger partial charge in [0.25, 0.3) is 0 Å². The first-order chi connectivity index (χ1) is 21.3. The highest BCUT2D eigenvalue weighted by Crippen LogP contribution is 2.43. The Kier molecular flexibility index (Phi) is 5.62. The topological polar surface area (TPSA) is 3.24 Å². The van der Waals surface area contributed by atoms with Crippen LogP contribution in [0.2, 0.25) is 0 Å². The quantitative estimate of drug-likeness (QED) is 0.199. The number of nitrogens with zero attached hydrogens (tertiary/aromatic N) is 1. The maximum atomic E-state index is 2.41. The van der Waals surface area contributed by atoms with Crippen LogP contribution in [-0.2, 0) is 0 Å². The molecule has 202 valence electrons. The molecule has 2 heterocycles. The molecule has 1 nitrogen and oxygen atoms in total. The second-order valence-corrected chi connectivity index (χ2v) is 13.2. The van der Waals surface area contributed by atoms with Gasteiger partial charge in [0.2, 0.25) is 0 Å². The molecule has 0 saturated carbocycles. The predicted octanol–water partition coefficient (Wildman–Crippen LogP) is 12.7. The smallest absolute Gasteiger partial charge is 0.0476 e. The first-order valence-electron chi connectivity index (χ1n) is 14.5. The van der Waals surface area contributed by atoms with Crippen LogP contribution >= 0.6 is 22.7 Å². The Balaban J connectivity index is 1.25. The number of thiophene rings is 2. The van der Waals surface area contributed by atoms with E-state index in [2.05, 4.69) is 157 Å². The molecule has 9 aromatic rings. The highest BCUT2D eigenvalue weighted by molar-refractivity contribution is 7.26. The van der Waals surface area contributed by atoms with Gasteiger partial charge >= 0.3 is 0 Å². The Morgan fingerprint density at radius 3 is 1.74 bits per heavy atom. The van der Waals surface area contributed by atoms with Crippen molar-refractivity contribution in [1.82, 2.24) is 0 Å². The fraction of sp³-hybridized carbons (Fsp3) is 0. The fourth-order valence-electron chi connectivity index (χ4n) is 6.35. The second-order valence-electron chi connectivity index (χ2n) is 11.0. The van der Waals surface area contributed by atoms with Gasteiger partial charge in [-0.25, -0.2) is 0 Å². The number of hydrogen-bond acceptors (Lipinski definition) is 3. The largest absolute Gasteiger partial charge is 0.310 e. The molecule has 43 heavy (non-hydrogen) atoms. The van der Waals surface area contributed by atoms with Crippen LogP contribution in [0.25, 0.3) is 62.2 Å². The molecule has 0 fully saturated rings. The van der Waals surface area contributed by atoms with E-state index in [9.17, 15) is 0 Å². The summed E-state index contributed by atoms with van der Waals surface area (Å²) in [6.07, 6.45) is 0. The van der Waals surface area contributed by atoms with Crippen LogP contribution in [0.1, 0.15) is 0 Å². The van der Waals surface area contributed by atoms with Crippen molar-refractivity contribution in [2.45, 2.75) is 0 Å². The summed E-state index contributed by atoms with van der Waals surface area (Å²) in [7, 11) is 0. The summed E-state index contributed by atoms with van der Waals surface area (Å²) in [5, 5.41) is 7.83. The molecule has 0 bridgehead atoms. The third-order valence-corrected chi connectivity index (χ3v) is 10.7. The first-order valence-corrected chi connectivity index (χ1v) is 16.1. The van der Waals surface area contributed by atoms with Crippen LogP contribution in [0.15, 0.2) is 152 Å². The van der Waals surface area contributed by atoms with Gasteiger partial charge in [0.15, 0.2) is 0 Å². The van der Waals surface area contributed by atoms with Gasteiger partial charge in [-0.15, -0.1) is 22.7 Å². The lowest BCUT2D eigenvalue weighted by atomic mass is 10.0. The van der Waals surface area contributed by atoms with Crippen molar-refractivity contribution < 1.29 is 0 Å². The summed E-state index contributed by atoms with van der Waals surface area (Å²) in [5.74, 6) is 0. The highest BCUT2D eigenvalue weighted by Gasteiger charge is 2.17. The monoisotopic (exact) mass is 583 g/mol. The number of benzene rings is 7. The van der Waals surface area contributed by atoms with E-state index in [1.54, 1.807) is 0 Å². The highest BCUT2D eigenvalue weighted by atomic mass is 32.1. The van der Waals surface area contributed by atoms with Crippen molar-refractivity contribution in [3.05, 3.63) is 152 Å². The minimum Gasteiger partial charge on any atom is -0.310 e. The van der Waals surface area contributed by atoms with Crippen LogP contribution in [0.3, 0.4) is 0 Å². The number of fused-ring (bicyclic) bond motifs is 7. The zero-order chi connectivity index (χ0) is 28.3. The SMILES string of the molecule is c1ccc(-c2cccc(N(c3ccc4cc5c(cc4c3)sc3ccccc35)c3ccc4c(c3)sc3ccccc34)c2)cc1. The second kappa shape index (κ2) is 9.81. The van der Waals surface area contributed by atoms with Gasteiger partial charge in [-0.3, -0.25) is 0 Å². The molecule has 0 N–H and O–H groups in total. The van der Waals surface area contributed by atoms with Gasteiger partial charge in [0.1, 0.15) is 0 Å². The molecular formula is C40H25NS2. The van der Waals surface area contributed by atoms with Crippen LogP contribution in [0, 0.1) is 0 Å². The Bertz CT molecular complexity index is 2470. The Morgan fingerprint density at radius 2 is 0.930 bits per heavy atom. The predicted molar refractivity (Wildman–Crippen MR) is 190 cm³/mol. The van der Waals surface area contributed by atoms with Crippen molar-refractivity contribution in [2.24, 2.45) is 0 Å². The van der Waals surface area contributed by atoms with Crippen LogP contribution in [0.4, 0.5) is 17.1 Å². The number of anilines is 3. The summed E-state index contributed by atoms with van der Waals surface area (Å²) in [5.41, 5.74) is 5.88. The van der Waals surface area contributed by atoms with Gasteiger partial charge < -0.3 is 4.90 Å². The lowest BCUT2D eigenvalue weighted by Gasteiger charge is -2.26. The minimum absolute atomic E-state index is 1.14. The molecule has 2 aromatic heterocycles. The molecular weight excluding hydrogens is 559 g/mol. The summed E-state index contributed by atoms with van der Waals surface area (Å²) < 4.78 is 5.29. The van der Waals surface area contributed by atoms with Crippen molar-refractivity contribution in [1.29, 1.82) is 0 Å². The Morgan fingerprint density at radius 1 is 0.326 bits per heavy atom. The molecule has 0 aliphatic carbocycles.